The summed E-state index contributed by atoms with van der Waals surface area (Å²) in [6, 6.07) is 0. The normalized spacial score (nSPS) is 32.3. The number of hydrogen-bond donors (Lipinski definition) is 2. The highest BCUT2D eigenvalue weighted by molar-refractivity contribution is 5.83. The highest BCUT2D eigenvalue weighted by Crippen LogP contribution is 2.38. The number of aliphatic hydroxyl groups excluding tert-OH is 1. The number of likely N-dealkylation sites (tertiary alicyclic amines) is 1. The van der Waals surface area contributed by atoms with E-state index in [2.05, 4.69) is 5.32 Å². The third kappa shape index (κ3) is 1.53. The van der Waals surface area contributed by atoms with Gasteiger partial charge in [-0.25, -0.2) is 0 Å². The summed E-state index contributed by atoms with van der Waals surface area (Å²) in [5, 5.41) is 13.0. The monoisotopic (exact) mass is 198 g/mol. The molecule has 1 amide bonds. The van der Waals surface area contributed by atoms with Crippen LogP contribution in [0.1, 0.15) is 19.3 Å². The van der Waals surface area contributed by atoms with Crippen LogP contribution in [0.15, 0.2) is 0 Å². The van der Waals surface area contributed by atoms with Crippen molar-refractivity contribution >= 4 is 5.91 Å². The van der Waals surface area contributed by atoms with Crippen molar-refractivity contribution in [2.75, 3.05) is 26.7 Å². The van der Waals surface area contributed by atoms with E-state index in [-0.39, 0.29) is 17.4 Å². The van der Waals surface area contributed by atoms with Crippen molar-refractivity contribution in [3.05, 3.63) is 0 Å². The van der Waals surface area contributed by atoms with E-state index in [9.17, 15) is 9.90 Å². The molecule has 2 saturated heterocycles. The maximum Gasteiger partial charge on any atom is 0.228 e. The van der Waals surface area contributed by atoms with E-state index < -0.39 is 0 Å². The van der Waals surface area contributed by atoms with Crippen LogP contribution in [0.3, 0.4) is 0 Å². The lowest BCUT2D eigenvalue weighted by molar-refractivity contribution is -0.152. The van der Waals surface area contributed by atoms with Crippen LogP contribution in [0, 0.1) is 5.41 Å². The van der Waals surface area contributed by atoms with Gasteiger partial charge in [0, 0.05) is 13.6 Å². The van der Waals surface area contributed by atoms with Crippen LogP contribution in [-0.2, 0) is 4.79 Å². The number of piperidine rings is 2. The summed E-state index contributed by atoms with van der Waals surface area (Å²) in [6.45, 7) is 2.28. The molecule has 0 radical (unpaired) electrons. The average molecular weight is 198 g/mol. The molecular formula is C10H18N2O2. The number of carbonyl (C=O) groups excluding carboxylic acids is 1. The van der Waals surface area contributed by atoms with Gasteiger partial charge in [-0.15, -0.1) is 0 Å². The fourth-order valence-corrected chi connectivity index (χ4v) is 2.73. The van der Waals surface area contributed by atoms with Crippen LogP contribution in [0.2, 0.25) is 0 Å². The molecule has 2 rings (SSSR count). The number of amides is 1. The Morgan fingerprint density at radius 1 is 1.50 bits per heavy atom. The van der Waals surface area contributed by atoms with Gasteiger partial charge in [-0.1, -0.05) is 0 Å². The molecule has 0 bridgehead atoms. The molecule has 14 heavy (non-hydrogen) atoms. The zero-order valence-electron chi connectivity index (χ0n) is 8.62. The van der Waals surface area contributed by atoms with E-state index in [1.165, 1.54) is 0 Å². The molecule has 1 spiro atoms. The second-order valence-electron chi connectivity index (χ2n) is 4.57. The number of rotatable bonds is 0. The summed E-state index contributed by atoms with van der Waals surface area (Å²) in [5.41, 5.74) is -0.266. The number of carbonyl (C=O) groups is 1. The molecule has 2 heterocycles. The van der Waals surface area contributed by atoms with Crippen LogP contribution in [0.5, 0.6) is 0 Å². The molecule has 1 unspecified atom stereocenters. The van der Waals surface area contributed by atoms with Gasteiger partial charge in [0.2, 0.25) is 5.91 Å². The topological polar surface area (TPSA) is 52.6 Å². The van der Waals surface area contributed by atoms with Crippen LogP contribution in [-0.4, -0.2) is 48.7 Å². The molecule has 2 N–H and O–H groups in total. The lowest BCUT2D eigenvalue weighted by Gasteiger charge is -2.44. The van der Waals surface area contributed by atoms with Gasteiger partial charge in [0.05, 0.1) is 11.5 Å². The molecule has 2 aliphatic heterocycles. The molecule has 0 saturated carbocycles. The first-order chi connectivity index (χ1) is 6.64. The number of nitrogens with zero attached hydrogens (tertiary/aromatic N) is 1. The van der Waals surface area contributed by atoms with Crippen molar-refractivity contribution in [1.82, 2.24) is 10.2 Å². The maximum atomic E-state index is 12.0. The summed E-state index contributed by atoms with van der Waals surface area (Å²) in [5.74, 6) is 0.226. The average Bonchev–Trinajstić information content (AvgIpc) is 2.15. The van der Waals surface area contributed by atoms with Crippen molar-refractivity contribution in [1.29, 1.82) is 0 Å². The predicted octanol–water partition coefficient (Wildman–Crippen LogP) is -0.421. The highest BCUT2D eigenvalue weighted by Gasteiger charge is 2.46. The molecule has 0 aromatic carbocycles. The van der Waals surface area contributed by atoms with E-state index >= 15 is 0 Å². The Kier molecular flexibility index (Phi) is 2.49. The standard InChI is InChI=1S/C10H18N2O2/c1-12-7-8(13)6-10(9(12)14)2-4-11-5-3-10/h8,11,13H,2-7H2,1H3. The summed E-state index contributed by atoms with van der Waals surface area (Å²) < 4.78 is 0. The largest absolute Gasteiger partial charge is 0.391 e. The fraction of sp³-hybridized carbons (Fsp3) is 0.900. The first-order valence-electron chi connectivity index (χ1n) is 5.28. The maximum absolute atomic E-state index is 12.0. The van der Waals surface area contributed by atoms with Gasteiger partial charge < -0.3 is 15.3 Å². The second kappa shape index (κ2) is 3.51. The zero-order valence-corrected chi connectivity index (χ0v) is 8.62. The third-order valence-electron chi connectivity index (χ3n) is 3.47. The second-order valence-corrected chi connectivity index (χ2v) is 4.57. The van der Waals surface area contributed by atoms with E-state index in [1.54, 1.807) is 11.9 Å². The highest BCUT2D eigenvalue weighted by atomic mass is 16.3. The van der Waals surface area contributed by atoms with Crippen LogP contribution < -0.4 is 5.32 Å². The molecule has 0 aliphatic carbocycles. The summed E-state index contributed by atoms with van der Waals surface area (Å²) in [4.78, 5) is 13.7. The van der Waals surface area contributed by atoms with E-state index in [1.807, 2.05) is 0 Å². The third-order valence-corrected chi connectivity index (χ3v) is 3.47. The van der Waals surface area contributed by atoms with Crippen LogP contribution >= 0.6 is 0 Å². The first kappa shape index (κ1) is 9.93. The van der Waals surface area contributed by atoms with Gasteiger partial charge in [-0.2, -0.15) is 0 Å². The van der Waals surface area contributed by atoms with Gasteiger partial charge in [0.25, 0.3) is 0 Å². The van der Waals surface area contributed by atoms with E-state index in [0.717, 1.165) is 25.9 Å². The van der Waals surface area contributed by atoms with Crippen LogP contribution in [0.25, 0.3) is 0 Å². The summed E-state index contributed by atoms with van der Waals surface area (Å²) in [7, 11) is 1.79. The summed E-state index contributed by atoms with van der Waals surface area (Å²) in [6.07, 6.45) is 2.05. The molecular weight excluding hydrogens is 180 g/mol. The summed E-state index contributed by atoms with van der Waals surface area (Å²) >= 11 is 0. The zero-order chi connectivity index (χ0) is 10.2. The van der Waals surface area contributed by atoms with Crippen LogP contribution in [0.4, 0.5) is 0 Å². The molecule has 2 aliphatic rings. The van der Waals surface area contributed by atoms with Crippen molar-refractivity contribution in [2.45, 2.75) is 25.4 Å². The molecule has 0 aromatic heterocycles. The number of β-amino-alcohol motifs (C(OH)–C–C–N with tert-alkyl or cyclic N) is 1. The molecule has 4 nitrogen and oxygen atoms in total. The van der Waals surface area contributed by atoms with Crippen molar-refractivity contribution in [2.24, 2.45) is 5.41 Å². The Balaban J connectivity index is 2.17. The Morgan fingerprint density at radius 3 is 2.79 bits per heavy atom. The number of likely N-dealkylation sites (N-methyl/N-ethyl adjacent to an activating group) is 1. The SMILES string of the molecule is CN1CC(O)CC2(CCNCC2)C1=O. The predicted molar refractivity (Wildman–Crippen MR) is 52.8 cm³/mol. The van der Waals surface area contributed by atoms with Gasteiger partial charge >= 0.3 is 0 Å². The number of aliphatic hydroxyl groups is 1. The Hall–Kier alpha value is -0.610. The van der Waals surface area contributed by atoms with Crippen molar-refractivity contribution in [3.63, 3.8) is 0 Å². The fourth-order valence-electron chi connectivity index (χ4n) is 2.73. The molecule has 4 heteroatoms. The van der Waals surface area contributed by atoms with E-state index in [4.69, 9.17) is 0 Å². The van der Waals surface area contributed by atoms with Gasteiger partial charge in [-0.05, 0) is 32.4 Å². The van der Waals surface area contributed by atoms with E-state index in [0.29, 0.717) is 13.0 Å². The minimum Gasteiger partial charge on any atom is -0.391 e. The van der Waals surface area contributed by atoms with Gasteiger partial charge in [0.1, 0.15) is 0 Å². The molecule has 1 atom stereocenters. The first-order valence-corrected chi connectivity index (χ1v) is 5.28. The number of hydrogen-bond acceptors (Lipinski definition) is 3. The Labute approximate surface area is 84.3 Å². The lowest BCUT2D eigenvalue weighted by Crippen LogP contribution is -2.55. The smallest absolute Gasteiger partial charge is 0.228 e. The molecule has 0 aromatic rings. The minimum absolute atomic E-state index is 0.226. The van der Waals surface area contributed by atoms with Crippen molar-refractivity contribution in [3.8, 4) is 0 Å². The lowest BCUT2D eigenvalue weighted by atomic mass is 9.71. The Morgan fingerprint density at radius 2 is 2.14 bits per heavy atom. The quantitative estimate of drug-likeness (QED) is 0.556. The van der Waals surface area contributed by atoms with Gasteiger partial charge in [-0.3, -0.25) is 4.79 Å². The Bertz CT molecular complexity index is 236. The molecule has 80 valence electrons. The van der Waals surface area contributed by atoms with Gasteiger partial charge in [0.15, 0.2) is 0 Å². The van der Waals surface area contributed by atoms with Crippen molar-refractivity contribution < 1.29 is 9.90 Å². The molecule has 2 fully saturated rings. The minimum atomic E-state index is -0.337. The number of nitrogens with one attached hydrogen (secondary N) is 1.